The van der Waals surface area contributed by atoms with Crippen molar-refractivity contribution in [2.75, 3.05) is 5.73 Å². The second kappa shape index (κ2) is 4.82. The molecule has 2 heterocycles. The van der Waals surface area contributed by atoms with Crippen LogP contribution in [-0.2, 0) is 13.1 Å². The summed E-state index contributed by atoms with van der Waals surface area (Å²) in [7, 11) is 0. The van der Waals surface area contributed by atoms with Gasteiger partial charge in [0.15, 0.2) is 0 Å². The molecule has 1 aliphatic heterocycles. The van der Waals surface area contributed by atoms with Crippen LogP contribution >= 0.6 is 23.2 Å². The van der Waals surface area contributed by atoms with Crippen LogP contribution in [0.15, 0.2) is 16.9 Å². The summed E-state index contributed by atoms with van der Waals surface area (Å²) in [6.45, 7) is 1.24. The van der Waals surface area contributed by atoms with E-state index in [1.54, 1.807) is 9.36 Å². The van der Waals surface area contributed by atoms with Crippen molar-refractivity contribution in [2.45, 2.75) is 25.9 Å². The zero-order chi connectivity index (χ0) is 14.4. The van der Waals surface area contributed by atoms with E-state index in [-0.39, 0.29) is 32.5 Å². The van der Waals surface area contributed by atoms with Gasteiger partial charge in [-0.15, -0.1) is 0 Å². The number of rotatable bonds is 1. The maximum atomic E-state index is 14.1. The van der Waals surface area contributed by atoms with E-state index in [1.807, 2.05) is 0 Å². The van der Waals surface area contributed by atoms with Crippen LogP contribution in [0.25, 0.3) is 11.1 Å². The predicted molar refractivity (Wildman–Crippen MR) is 77.8 cm³/mol. The summed E-state index contributed by atoms with van der Waals surface area (Å²) >= 11 is 12.0. The van der Waals surface area contributed by atoms with Gasteiger partial charge in [-0.1, -0.05) is 23.2 Å². The van der Waals surface area contributed by atoms with Crippen LogP contribution in [0.3, 0.4) is 0 Å². The quantitative estimate of drug-likeness (QED) is 0.822. The van der Waals surface area contributed by atoms with E-state index in [0.717, 1.165) is 18.9 Å². The van der Waals surface area contributed by atoms with Crippen molar-refractivity contribution in [2.24, 2.45) is 0 Å². The van der Waals surface area contributed by atoms with Gasteiger partial charge in [0, 0.05) is 18.7 Å². The summed E-state index contributed by atoms with van der Waals surface area (Å²) in [4.78, 5) is 12.4. The lowest BCUT2D eigenvalue weighted by Crippen LogP contribution is -2.27. The number of hydrogen-bond acceptors (Lipinski definition) is 2. The molecule has 0 saturated carbocycles. The topological polar surface area (TPSA) is 52.9 Å². The molecular weight excluding hydrogens is 304 g/mol. The highest BCUT2D eigenvalue weighted by Gasteiger charge is 2.24. The van der Waals surface area contributed by atoms with Crippen LogP contribution < -0.4 is 11.3 Å². The molecular formula is C13H12Cl2FN3O. The van der Waals surface area contributed by atoms with Crippen LogP contribution in [-0.4, -0.2) is 9.36 Å². The summed E-state index contributed by atoms with van der Waals surface area (Å²) in [6, 6.07) is 2.45. The van der Waals surface area contributed by atoms with Gasteiger partial charge in [0.05, 0.1) is 16.3 Å². The fraction of sp³-hybridized carbons (Fsp3) is 0.308. The Morgan fingerprint density at radius 2 is 1.80 bits per heavy atom. The standard InChI is InChI=1S/C13H12Cl2FN3O/c14-8-6-9(16)7(5-10(8)17)11-12(15)18-3-1-2-4-19(18)13(11)20/h5-6H,1-4,17H2. The molecule has 3 rings (SSSR count). The Kier molecular flexibility index (Phi) is 3.26. The Balaban J connectivity index is 2.28. The van der Waals surface area contributed by atoms with E-state index in [1.165, 1.54) is 6.07 Å². The molecule has 0 fully saturated rings. The Hall–Kier alpha value is -1.46. The molecule has 0 aliphatic carbocycles. The molecule has 2 N–H and O–H groups in total. The molecule has 0 radical (unpaired) electrons. The molecule has 2 aromatic rings. The highest BCUT2D eigenvalue weighted by Crippen LogP contribution is 2.33. The highest BCUT2D eigenvalue weighted by molar-refractivity contribution is 6.33. The van der Waals surface area contributed by atoms with Crippen molar-refractivity contribution in [1.29, 1.82) is 0 Å². The zero-order valence-electron chi connectivity index (χ0n) is 10.5. The minimum Gasteiger partial charge on any atom is -0.398 e. The maximum absolute atomic E-state index is 14.1. The van der Waals surface area contributed by atoms with Crippen molar-refractivity contribution >= 4 is 28.9 Å². The summed E-state index contributed by atoms with van der Waals surface area (Å²) < 4.78 is 17.3. The van der Waals surface area contributed by atoms with Crippen LogP contribution in [0.1, 0.15) is 12.8 Å². The lowest BCUT2D eigenvalue weighted by molar-refractivity contribution is 0.356. The van der Waals surface area contributed by atoms with Gasteiger partial charge in [0.25, 0.3) is 5.56 Å². The molecule has 0 saturated heterocycles. The molecule has 20 heavy (non-hydrogen) atoms. The first-order chi connectivity index (χ1) is 9.50. The number of anilines is 1. The average molecular weight is 316 g/mol. The van der Waals surface area contributed by atoms with Gasteiger partial charge < -0.3 is 5.73 Å². The Bertz CT molecular complexity index is 751. The van der Waals surface area contributed by atoms with Crippen molar-refractivity contribution < 1.29 is 4.39 Å². The third kappa shape index (κ3) is 1.93. The Morgan fingerprint density at radius 3 is 2.45 bits per heavy atom. The average Bonchev–Trinajstić information content (AvgIpc) is 2.68. The summed E-state index contributed by atoms with van der Waals surface area (Å²) in [6.07, 6.45) is 1.85. The first-order valence-electron chi connectivity index (χ1n) is 6.24. The number of nitrogens with two attached hydrogens (primary N) is 1. The van der Waals surface area contributed by atoms with Gasteiger partial charge in [-0.05, 0) is 25.0 Å². The Morgan fingerprint density at radius 1 is 1.15 bits per heavy atom. The minimum absolute atomic E-state index is 0.0938. The molecule has 0 atom stereocenters. The maximum Gasteiger partial charge on any atom is 0.276 e. The SMILES string of the molecule is Nc1cc(-c2c(Cl)n3n(c2=O)CCCC3)c(F)cc1Cl. The van der Waals surface area contributed by atoms with Crippen LogP contribution in [0.2, 0.25) is 10.2 Å². The molecule has 106 valence electrons. The highest BCUT2D eigenvalue weighted by atomic mass is 35.5. The molecule has 4 nitrogen and oxygen atoms in total. The van der Waals surface area contributed by atoms with Crippen LogP contribution in [0.4, 0.5) is 10.1 Å². The van der Waals surface area contributed by atoms with E-state index >= 15 is 0 Å². The number of benzene rings is 1. The summed E-state index contributed by atoms with van der Waals surface area (Å²) in [5, 5.41) is 0.363. The van der Waals surface area contributed by atoms with Gasteiger partial charge in [-0.3, -0.25) is 9.48 Å². The second-order valence-electron chi connectivity index (χ2n) is 4.78. The molecule has 0 spiro atoms. The van der Waals surface area contributed by atoms with E-state index in [9.17, 15) is 9.18 Å². The molecule has 0 bridgehead atoms. The number of halogens is 3. The summed E-state index contributed by atoms with van der Waals surface area (Å²) in [5.74, 6) is -0.605. The minimum atomic E-state index is -0.605. The number of hydrogen-bond donors (Lipinski definition) is 1. The number of fused-ring (bicyclic) bond motifs is 1. The fourth-order valence-electron chi connectivity index (χ4n) is 2.51. The summed E-state index contributed by atoms with van der Waals surface area (Å²) in [5.41, 5.74) is 5.85. The third-order valence-corrected chi connectivity index (χ3v) is 4.23. The number of nitrogens with zero attached hydrogens (tertiary/aromatic N) is 2. The second-order valence-corrected chi connectivity index (χ2v) is 5.54. The van der Waals surface area contributed by atoms with Gasteiger partial charge in [-0.2, -0.15) is 0 Å². The van der Waals surface area contributed by atoms with Gasteiger partial charge in [0.1, 0.15) is 11.0 Å². The smallest absolute Gasteiger partial charge is 0.276 e. The van der Waals surface area contributed by atoms with Gasteiger partial charge >= 0.3 is 0 Å². The fourth-order valence-corrected chi connectivity index (χ4v) is 3.02. The van der Waals surface area contributed by atoms with Crippen molar-refractivity contribution in [3.63, 3.8) is 0 Å². The Labute approximate surface area is 124 Å². The largest absolute Gasteiger partial charge is 0.398 e. The van der Waals surface area contributed by atoms with E-state index in [4.69, 9.17) is 28.9 Å². The molecule has 1 aromatic heterocycles. The van der Waals surface area contributed by atoms with Crippen LogP contribution in [0.5, 0.6) is 0 Å². The third-order valence-electron chi connectivity index (χ3n) is 3.52. The van der Waals surface area contributed by atoms with E-state index < -0.39 is 5.82 Å². The lowest BCUT2D eigenvalue weighted by atomic mass is 10.1. The molecule has 0 amide bonds. The van der Waals surface area contributed by atoms with Crippen molar-refractivity contribution in [3.8, 4) is 11.1 Å². The zero-order valence-corrected chi connectivity index (χ0v) is 12.0. The predicted octanol–water partition coefficient (Wildman–Crippen LogP) is 3.14. The number of aromatic nitrogens is 2. The molecule has 1 aliphatic rings. The molecule has 0 unspecified atom stereocenters. The lowest BCUT2D eigenvalue weighted by Gasteiger charge is -2.17. The van der Waals surface area contributed by atoms with Crippen molar-refractivity contribution in [1.82, 2.24) is 9.36 Å². The normalized spacial score (nSPS) is 14.3. The number of nitrogen functional groups attached to an aromatic ring is 1. The van der Waals surface area contributed by atoms with Gasteiger partial charge in [-0.25, -0.2) is 9.07 Å². The van der Waals surface area contributed by atoms with Crippen LogP contribution in [0, 0.1) is 5.82 Å². The first-order valence-corrected chi connectivity index (χ1v) is 7.00. The molecule has 7 heteroatoms. The van der Waals surface area contributed by atoms with E-state index in [0.29, 0.717) is 13.1 Å². The first kappa shape index (κ1) is 13.5. The monoisotopic (exact) mass is 315 g/mol. The van der Waals surface area contributed by atoms with Gasteiger partial charge in [0.2, 0.25) is 0 Å². The van der Waals surface area contributed by atoms with E-state index in [2.05, 4.69) is 0 Å². The molecule has 1 aromatic carbocycles. The van der Waals surface area contributed by atoms with Crippen molar-refractivity contribution in [3.05, 3.63) is 38.5 Å².